The Balaban J connectivity index is 2.13. The van der Waals surface area contributed by atoms with Crippen molar-refractivity contribution >= 4 is 32.6 Å². The number of hydrogen-bond acceptors (Lipinski definition) is 5. The predicted molar refractivity (Wildman–Crippen MR) is 74.3 cm³/mol. The SMILES string of the molecule is CC(C)c1nsc(N2CC(CBr)OCC2C)n1. The fraction of sp³-hybridized carbons (Fsp3) is 0.818. The van der Waals surface area contributed by atoms with Gasteiger partial charge in [-0.05, 0) is 6.92 Å². The van der Waals surface area contributed by atoms with Gasteiger partial charge in [-0.1, -0.05) is 29.8 Å². The van der Waals surface area contributed by atoms with E-state index in [1.165, 1.54) is 11.5 Å². The molecule has 0 spiro atoms. The van der Waals surface area contributed by atoms with Gasteiger partial charge < -0.3 is 9.64 Å². The highest BCUT2D eigenvalue weighted by atomic mass is 79.9. The molecular formula is C11H18BrN3OS. The van der Waals surface area contributed by atoms with Gasteiger partial charge in [-0.3, -0.25) is 0 Å². The van der Waals surface area contributed by atoms with Crippen LogP contribution in [-0.4, -0.2) is 40.0 Å². The van der Waals surface area contributed by atoms with Crippen molar-refractivity contribution in [2.75, 3.05) is 23.4 Å². The van der Waals surface area contributed by atoms with Crippen LogP contribution in [0.25, 0.3) is 0 Å². The molecule has 2 heterocycles. The molecule has 1 fully saturated rings. The van der Waals surface area contributed by atoms with Gasteiger partial charge in [-0.15, -0.1) is 0 Å². The van der Waals surface area contributed by atoms with Gasteiger partial charge in [-0.2, -0.15) is 4.37 Å². The summed E-state index contributed by atoms with van der Waals surface area (Å²) in [5.41, 5.74) is 0. The second-order valence-corrected chi connectivity index (χ2v) is 6.08. The fourth-order valence-electron chi connectivity index (χ4n) is 1.75. The molecule has 1 aromatic rings. The lowest BCUT2D eigenvalue weighted by atomic mass is 10.2. The van der Waals surface area contributed by atoms with Gasteiger partial charge >= 0.3 is 0 Å². The first-order valence-electron chi connectivity index (χ1n) is 5.89. The topological polar surface area (TPSA) is 38.2 Å². The van der Waals surface area contributed by atoms with E-state index in [2.05, 4.69) is 51.0 Å². The van der Waals surface area contributed by atoms with Crippen molar-refractivity contribution in [1.29, 1.82) is 0 Å². The average Bonchev–Trinajstić information content (AvgIpc) is 2.79. The van der Waals surface area contributed by atoms with E-state index in [4.69, 9.17) is 4.74 Å². The molecule has 2 rings (SSSR count). The van der Waals surface area contributed by atoms with Crippen LogP contribution < -0.4 is 4.90 Å². The number of nitrogens with zero attached hydrogens (tertiary/aromatic N) is 3. The van der Waals surface area contributed by atoms with Crippen LogP contribution in [0.4, 0.5) is 5.13 Å². The second kappa shape index (κ2) is 5.63. The third kappa shape index (κ3) is 2.98. The number of alkyl halides is 1. The summed E-state index contributed by atoms with van der Waals surface area (Å²) in [5.74, 6) is 1.34. The number of hydrogen-bond donors (Lipinski definition) is 0. The maximum absolute atomic E-state index is 5.71. The molecule has 1 aliphatic heterocycles. The Labute approximate surface area is 115 Å². The molecule has 1 aromatic heterocycles. The minimum Gasteiger partial charge on any atom is -0.373 e. The summed E-state index contributed by atoms with van der Waals surface area (Å²) >= 11 is 4.97. The zero-order chi connectivity index (χ0) is 12.4. The molecule has 1 saturated heterocycles. The number of halogens is 1. The van der Waals surface area contributed by atoms with E-state index in [-0.39, 0.29) is 6.10 Å². The number of rotatable bonds is 3. The minimum absolute atomic E-state index is 0.248. The van der Waals surface area contributed by atoms with Crippen LogP contribution in [0.1, 0.15) is 32.5 Å². The predicted octanol–water partition coefficient (Wildman–Crippen LogP) is 2.65. The third-order valence-electron chi connectivity index (χ3n) is 2.87. The van der Waals surface area contributed by atoms with E-state index in [0.29, 0.717) is 12.0 Å². The Morgan fingerprint density at radius 1 is 1.59 bits per heavy atom. The lowest BCUT2D eigenvalue weighted by Crippen LogP contribution is -2.49. The normalized spacial score (nSPS) is 25.6. The summed E-state index contributed by atoms with van der Waals surface area (Å²) in [6.45, 7) is 8.05. The van der Waals surface area contributed by atoms with E-state index in [0.717, 1.165) is 29.4 Å². The van der Waals surface area contributed by atoms with Crippen molar-refractivity contribution in [3.8, 4) is 0 Å². The van der Waals surface area contributed by atoms with Crippen LogP contribution in [-0.2, 0) is 4.74 Å². The molecule has 0 radical (unpaired) electrons. The largest absolute Gasteiger partial charge is 0.373 e. The van der Waals surface area contributed by atoms with Gasteiger partial charge in [0.2, 0.25) is 5.13 Å². The number of aromatic nitrogens is 2. The Bertz CT molecular complexity index is 371. The summed E-state index contributed by atoms with van der Waals surface area (Å²) in [4.78, 5) is 6.92. The van der Waals surface area contributed by atoms with Crippen LogP contribution in [0, 0.1) is 0 Å². The number of ether oxygens (including phenoxy) is 1. The summed E-state index contributed by atoms with van der Waals surface area (Å²) < 4.78 is 10.1. The van der Waals surface area contributed by atoms with Crippen molar-refractivity contribution in [3.63, 3.8) is 0 Å². The van der Waals surface area contributed by atoms with Crippen molar-refractivity contribution in [2.24, 2.45) is 0 Å². The number of anilines is 1. The first-order chi connectivity index (χ1) is 8.11. The monoisotopic (exact) mass is 319 g/mol. The summed E-state index contributed by atoms with van der Waals surface area (Å²) in [7, 11) is 0. The highest BCUT2D eigenvalue weighted by Gasteiger charge is 2.28. The lowest BCUT2D eigenvalue weighted by Gasteiger charge is -2.37. The van der Waals surface area contributed by atoms with Crippen LogP contribution >= 0.6 is 27.5 Å². The molecule has 2 unspecified atom stereocenters. The van der Waals surface area contributed by atoms with Crippen LogP contribution in [0.15, 0.2) is 0 Å². The van der Waals surface area contributed by atoms with Crippen molar-refractivity contribution in [2.45, 2.75) is 38.8 Å². The zero-order valence-corrected chi connectivity index (χ0v) is 12.8. The van der Waals surface area contributed by atoms with Gasteiger partial charge in [0.25, 0.3) is 0 Å². The van der Waals surface area contributed by atoms with E-state index in [9.17, 15) is 0 Å². The third-order valence-corrected chi connectivity index (χ3v) is 4.36. The first kappa shape index (κ1) is 13.2. The van der Waals surface area contributed by atoms with Gasteiger partial charge in [0.15, 0.2) is 0 Å². The first-order valence-corrected chi connectivity index (χ1v) is 7.79. The quantitative estimate of drug-likeness (QED) is 0.803. The molecule has 0 amide bonds. The Hall–Kier alpha value is -0.200. The summed E-state index contributed by atoms with van der Waals surface area (Å²) in [6.07, 6.45) is 0.248. The molecule has 96 valence electrons. The van der Waals surface area contributed by atoms with Gasteiger partial charge in [0.1, 0.15) is 5.82 Å². The summed E-state index contributed by atoms with van der Waals surface area (Å²) in [6, 6.07) is 0.373. The standard InChI is InChI=1S/C11H18BrN3OS/c1-7(2)10-13-11(17-14-10)15-5-9(4-12)16-6-8(15)3/h7-9H,4-6H2,1-3H3. The van der Waals surface area contributed by atoms with Gasteiger partial charge in [0, 0.05) is 29.3 Å². The summed E-state index contributed by atoms with van der Waals surface area (Å²) in [5, 5.41) is 1.89. The van der Waals surface area contributed by atoms with Gasteiger partial charge in [-0.25, -0.2) is 4.98 Å². The molecular weight excluding hydrogens is 302 g/mol. The van der Waals surface area contributed by atoms with Crippen LogP contribution in [0.3, 0.4) is 0 Å². The molecule has 0 saturated carbocycles. The van der Waals surface area contributed by atoms with E-state index < -0.39 is 0 Å². The second-order valence-electron chi connectivity index (χ2n) is 4.70. The van der Waals surface area contributed by atoms with Crippen molar-refractivity contribution < 1.29 is 4.74 Å². The van der Waals surface area contributed by atoms with Crippen molar-refractivity contribution in [1.82, 2.24) is 9.36 Å². The molecule has 4 nitrogen and oxygen atoms in total. The number of morpholine rings is 1. The van der Waals surface area contributed by atoms with Gasteiger partial charge in [0.05, 0.1) is 18.8 Å². The minimum atomic E-state index is 0.248. The molecule has 0 N–H and O–H groups in total. The lowest BCUT2D eigenvalue weighted by molar-refractivity contribution is 0.0379. The van der Waals surface area contributed by atoms with E-state index in [1.807, 2.05) is 0 Å². The highest BCUT2D eigenvalue weighted by Crippen LogP contribution is 2.26. The zero-order valence-electron chi connectivity index (χ0n) is 10.4. The van der Waals surface area contributed by atoms with E-state index >= 15 is 0 Å². The molecule has 0 aliphatic carbocycles. The maximum atomic E-state index is 5.71. The fourth-order valence-corrected chi connectivity index (χ4v) is 3.07. The Morgan fingerprint density at radius 3 is 2.94 bits per heavy atom. The van der Waals surface area contributed by atoms with Crippen LogP contribution in [0.2, 0.25) is 0 Å². The smallest absolute Gasteiger partial charge is 0.205 e. The van der Waals surface area contributed by atoms with Crippen molar-refractivity contribution in [3.05, 3.63) is 5.82 Å². The molecule has 17 heavy (non-hydrogen) atoms. The molecule has 6 heteroatoms. The molecule has 2 atom stereocenters. The molecule has 0 bridgehead atoms. The highest BCUT2D eigenvalue weighted by molar-refractivity contribution is 9.09. The average molecular weight is 320 g/mol. The van der Waals surface area contributed by atoms with Crippen LogP contribution in [0.5, 0.6) is 0 Å². The Kier molecular flexibility index (Phi) is 4.38. The molecule has 1 aliphatic rings. The van der Waals surface area contributed by atoms with E-state index in [1.54, 1.807) is 0 Å². The molecule has 0 aromatic carbocycles. The Morgan fingerprint density at radius 2 is 2.35 bits per heavy atom. The maximum Gasteiger partial charge on any atom is 0.205 e.